The van der Waals surface area contributed by atoms with Gasteiger partial charge in [-0.25, -0.2) is 9.48 Å². The third kappa shape index (κ3) is 4.19. The van der Waals surface area contributed by atoms with E-state index in [2.05, 4.69) is 27.9 Å². The number of rotatable bonds is 6. The molecular weight excluding hydrogens is 360 g/mol. The third-order valence-corrected chi connectivity index (χ3v) is 5.93. The Hall–Kier alpha value is -3.08. The van der Waals surface area contributed by atoms with Crippen molar-refractivity contribution >= 4 is 6.03 Å². The molecule has 3 aromatic rings. The highest BCUT2D eigenvalue weighted by Gasteiger charge is 2.29. The maximum absolute atomic E-state index is 12.7. The summed E-state index contributed by atoms with van der Waals surface area (Å²) in [6.45, 7) is 4.49. The Kier molecular flexibility index (Phi) is 5.65. The molecule has 1 saturated carbocycles. The number of benzene rings is 2. The molecule has 1 aliphatic carbocycles. The summed E-state index contributed by atoms with van der Waals surface area (Å²) in [5.41, 5.74) is 5.25. The molecule has 0 spiro atoms. The fourth-order valence-corrected chi connectivity index (χ4v) is 4.02. The van der Waals surface area contributed by atoms with Crippen LogP contribution in [0, 0.1) is 19.8 Å². The molecular formula is C24H28N4O. The van der Waals surface area contributed by atoms with Crippen LogP contribution in [0.25, 0.3) is 5.69 Å². The van der Waals surface area contributed by atoms with Gasteiger partial charge in [-0.15, -0.1) is 0 Å². The first kappa shape index (κ1) is 19.2. The third-order valence-electron chi connectivity index (χ3n) is 5.93. The number of hydrogen-bond acceptors (Lipinski definition) is 2. The minimum Gasteiger partial charge on any atom is -0.334 e. The maximum atomic E-state index is 12.7. The highest BCUT2D eigenvalue weighted by molar-refractivity contribution is 5.74. The van der Waals surface area contributed by atoms with Crippen molar-refractivity contribution in [2.45, 2.75) is 45.7 Å². The van der Waals surface area contributed by atoms with Crippen LogP contribution in [-0.4, -0.2) is 15.8 Å². The molecule has 1 aliphatic rings. The largest absolute Gasteiger partial charge is 0.334 e. The maximum Gasteiger partial charge on any atom is 0.315 e. The number of carbonyl (C=O) groups is 1. The predicted molar refractivity (Wildman–Crippen MR) is 115 cm³/mol. The van der Waals surface area contributed by atoms with Crippen molar-refractivity contribution in [3.05, 3.63) is 83.2 Å². The predicted octanol–water partition coefficient (Wildman–Crippen LogP) is 4.83. The van der Waals surface area contributed by atoms with Crippen molar-refractivity contribution in [3.8, 4) is 5.69 Å². The molecule has 0 aliphatic heterocycles. The number of amides is 2. The summed E-state index contributed by atoms with van der Waals surface area (Å²) in [4.78, 5) is 12.7. The van der Waals surface area contributed by atoms with Crippen LogP contribution in [0.5, 0.6) is 0 Å². The lowest BCUT2D eigenvalue weighted by molar-refractivity contribution is 0.207. The molecule has 0 bridgehead atoms. The molecule has 5 heteroatoms. The van der Waals surface area contributed by atoms with E-state index in [-0.39, 0.29) is 12.1 Å². The van der Waals surface area contributed by atoms with Crippen LogP contribution in [0.3, 0.4) is 0 Å². The number of nitrogens with zero attached hydrogens (tertiary/aromatic N) is 2. The van der Waals surface area contributed by atoms with Gasteiger partial charge in [0, 0.05) is 17.8 Å². The second-order valence-electron chi connectivity index (χ2n) is 7.80. The van der Waals surface area contributed by atoms with Gasteiger partial charge in [-0.3, -0.25) is 0 Å². The molecule has 1 aromatic heterocycles. The Balaban J connectivity index is 1.44. The van der Waals surface area contributed by atoms with Crippen molar-refractivity contribution in [1.82, 2.24) is 20.4 Å². The molecule has 1 atom stereocenters. The van der Waals surface area contributed by atoms with Gasteiger partial charge in [0.15, 0.2) is 0 Å². The van der Waals surface area contributed by atoms with E-state index in [4.69, 9.17) is 0 Å². The van der Waals surface area contributed by atoms with Crippen molar-refractivity contribution in [3.63, 3.8) is 0 Å². The van der Waals surface area contributed by atoms with Crippen LogP contribution in [0.2, 0.25) is 0 Å². The average molecular weight is 389 g/mol. The SMILES string of the molecule is Cc1nn(-c2ccccc2)c(C)c1CNC(=O)NC(c1ccccc1)C1CCC1. The minimum absolute atomic E-state index is 0.0687. The molecule has 5 nitrogen and oxygen atoms in total. The fourth-order valence-electron chi connectivity index (χ4n) is 4.02. The first-order chi connectivity index (χ1) is 14.1. The lowest BCUT2D eigenvalue weighted by Crippen LogP contribution is -2.41. The van der Waals surface area contributed by atoms with Gasteiger partial charge in [-0.2, -0.15) is 5.10 Å². The number of nitrogens with one attached hydrogen (secondary N) is 2. The van der Waals surface area contributed by atoms with E-state index in [0.717, 1.165) is 22.6 Å². The summed E-state index contributed by atoms with van der Waals surface area (Å²) < 4.78 is 1.94. The molecule has 2 aromatic carbocycles. The van der Waals surface area contributed by atoms with Gasteiger partial charge >= 0.3 is 6.03 Å². The molecule has 4 rings (SSSR count). The number of para-hydroxylation sites is 1. The Morgan fingerprint density at radius 2 is 1.72 bits per heavy atom. The van der Waals surface area contributed by atoms with Gasteiger partial charge in [0.25, 0.3) is 0 Å². The van der Waals surface area contributed by atoms with Crippen LogP contribution in [-0.2, 0) is 6.54 Å². The normalized spacial score (nSPS) is 14.8. The monoisotopic (exact) mass is 388 g/mol. The summed E-state index contributed by atoms with van der Waals surface area (Å²) in [5, 5.41) is 10.9. The van der Waals surface area contributed by atoms with Crippen LogP contribution in [0.1, 0.15) is 47.8 Å². The summed E-state index contributed by atoms with van der Waals surface area (Å²) in [5.74, 6) is 0.521. The Bertz CT molecular complexity index is 961. The molecule has 1 heterocycles. The Morgan fingerprint density at radius 1 is 1.07 bits per heavy atom. The molecule has 1 fully saturated rings. The van der Waals surface area contributed by atoms with E-state index in [1.807, 2.05) is 67.1 Å². The number of urea groups is 1. The molecule has 2 N–H and O–H groups in total. The van der Waals surface area contributed by atoms with E-state index >= 15 is 0 Å². The quantitative estimate of drug-likeness (QED) is 0.635. The fraction of sp³-hybridized carbons (Fsp3) is 0.333. The molecule has 0 radical (unpaired) electrons. The summed E-state index contributed by atoms with van der Waals surface area (Å²) in [7, 11) is 0. The standard InChI is InChI=1S/C24H28N4O/c1-17-22(18(2)28(27-17)21-14-7-4-8-15-21)16-25-24(29)26-23(20-12-9-13-20)19-10-5-3-6-11-19/h3-8,10-11,14-15,20,23H,9,12-13,16H2,1-2H3,(H2,25,26,29). The van der Waals surface area contributed by atoms with Crippen molar-refractivity contribution in [1.29, 1.82) is 0 Å². The molecule has 1 unspecified atom stereocenters. The number of aromatic nitrogens is 2. The van der Waals surface area contributed by atoms with E-state index < -0.39 is 0 Å². The zero-order chi connectivity index (χ0) is 20.2. The zero-order valence-corrected chi connectivity index (χ0v) is 17.1. The van der Waals surface area contributed by atoms with Gasteiger partial charge in [0.05, 0.1) is 17.4 Å². The van der Waals surface area contributed by atoms with E-state index in [1.54, 1.807) is 0 Å². The molecule has 0 saturated heterocycles. The summed E-state index contributed by atoms with van der Waals surface area (Å²) >= 11 is 0. The molecule has 29 heavy (non-hydrogen) atoms. The summed E-state index contributed by atoms with van der Waals surface area (Å²) in [6, 6.07) is 20.3. The first-order valence-electron chi connectivity index (χ1n) is 10.3. The van der Waals surface area contributed by atoms with Gasteiger partial charge in [0.2, 0.25) is 0 Å². The van der Waals surface area contributed by atoms with Crippen LogP contribution >= 0.6 is 0 Å². The van der Waals surface area contributed by atoms with Crippen molar-refractivity contribution in [2.24, 2.45) is 5.92 Å². The van der Waals surface area contributed by atoms with Crippen LogP contribution < -0.4 is 10.6 Å². The number of carbonyl (C=O) groups excluding carboxylic acids is 1. The second-order valence-corrected chi connectivity index (χ2v) is 7.80. The van der Waals surface area contributed by atoms with Crippen LogP contribution in [0.15, 0.2) is 60.7 Å². The minimum atomic E-state index is -0.128. The van der Waals surface area contributed by atoms with Crippen molar-refractivity contribution < 1.29 is 4.79 Å². The van der Waals surface area contributed by atoms with Gasteiger partial charge in [-0.05, 0) is 50.3 Å². The van der Waals surface area contributed by atoms with E-state index in [9.17, 15) is 4.79 Å². The van der Waals surface area contributed by atoms with Crippen molar-refractivity contribution in [2.75, 3.05) is 0 Å². The lowest BCUT2D eigenvalue weighted by Gasteiger charge is -2.34. The van der Waals surface area contributed by atoms with Gasteiger partial charge in [-0.1, -0.05) is 55.0 Å². The van der Waals surface area contributed by atoms with E-state index in [0.29, 0.717) is 12.5 Å². The lowest BCUT2D eigenvalue weighted by atomic mass is 9.77. The second kappa shape index (κ2) is 8.52. The smallest absolute Gasteiger partial charge is 0.315 e. The van der Waals surface area contributed by atoms with E-state index in [1.165, 1.54) is 24.8 Å². The number of aryl methyl sites for hydroxylation is 1. The van der Waals surface area contributed by atoms with Crippen LogP contribution in [0.4, 0.5) is 4.79 Å². The Morgan fingerprint density at radius 3 is 2.34 bits per heavy atom. The van der Waals surface area contributed by atoms with Gasteiger partial charge < -0.3 is 10.6 Å². The van der Waals surface area contributed by atoms with Gasteiger partial charge in [0.1, 0.15) is 0 Å². The first-order valence-corrected chi connectivity index (χ1v) is 10.3. The highest BCUT2D eigenvalue weighted by atomic mass is 16.2. The topological polar surface area (TPSA) is 59.0 Å². The zero-order valence-electron chi connectivity index (χ0n) is 17.1. The average Bonchev–Trinajstić information content (AvgIpc) is 2.99. The highest BCUT2D eigenvalue weighted by Crippen LogP contribution is 2.37. The molecule has 2 amide bonds. The summed E-state index contributed by atoms with van der Waals surface area (Å²) in [6.07, 6.45) is 3.58. The Labute approximate surface area is 172 Å². The number of hydrogen-bond donors (Lipinski definition) is 2. The molecule has 150 valence electrons.